The van der Waals surface area contributed by atoms with Gasteiger partial charge in [0.05, 0.1) is 5.60 Å². The molecule has 2 aromatic rings. The standard InChI is InChI=1S/C16H22FN3O2/c1-9(20-15(21)14(18)16(2,3)22)6-10-8-19-13-5-4-11(17)7-12(10)13/h4-5,7-9,14,19,22H,6,18H2,1-3H3,(H,20,21)/t9?,14-/m1/s1. The molecule has 0 spiro atoms. The number of aromatic nitrogens is 1. The highest BCUT2D eigenvalue weighted by molar-refractivity contribution is 5.84. The van der Waals surface area contributed by atoms with E-state index in [0.29, 0.717) is 6.42 Å². The van der Waals surface area contributed by atoms with E-state index in [1.807, 2.05) is 13.1 Å². The molecule has 120 valence electrons. The summed E-state index contributed by atoms with van der Waals surface area (Å²) in [5, 5.41) is 13.3. The first kappa shape index (κ1) is 16.5. The van der Waals surface area contributed by atoms with Gasteiger partial charge in [-0.2, -0.15) is 0 Å². The molecule has 1 heterocycles. The quantitative estimate of drug-likeness (QED) is 0.674. The Morgan fingerprint density at radius 2 is 2.18 bits per heavy atom. The first-order valence-corrected chi connectivity index (χ1v) is 7.22. The van der Waals surface area contributed by atoms with Crippen molar-refractivity contribution in [2.24, 2.45) is 5.73 Å². The molecular formula is C16H22FN3O2. The zero-order valence-corrected chi connectivity index (χ0v) is 13.0. The summed E-state index contributed by atoms with van der Waals surface area (Å²) in [7, 11) is 0. The SMILES string of the molecule is CC(Cc1c[nH]c2ccc(F)cc12)NC(=O)[C@@H](N)C(C)(C)O. The van der Waals surface area contributed by atoms with E-state index < -0.39 is 17.6 Å². The van der Waals surface area contributed by atoms with Crippen LogP contribution in [0.4, 0.5) is 4.39 Å². The van der Waals surface area contributed by atoms with Crippen LogP contribution in [0.1, 0.15) is 26.3 Å². The van der Waals surface area contributed by atoms with Gasteiger partial charge in [-0.3, -0.25) is 4.79 Å². The number of rotatable bonds is 5. The number of aromatic amines is 1. The molecule has 0 aliphatic carbocycles. The summed E-state index contributed by atoms with van der Waals surface area (Å²) in [5.74, 6) is -0.708. The fourth-order valence-corrected chi connectivity index (χ4v) is 2.35. The van der Waals surface area contributed by atoms with Crippen molar-refractivity contribution in [3.63, 3.8) is 0 Å². The molecule has 5 nitrogen and oxygen atoms in total. The number of nitrogens with two attached hydrogens (primary N) is 1. The Balaban J connectivity index is 2.06. The average molecular weight is 307 g/mol. The monoisotopic (exact) mass is 307 g/mol. The van der Waals surface area contributed by atoms with E-state index in [0.717, 1.165) is 16.5 Å². The molecule has 0 saturated heterocycles. The van der Waals surface area contributed by atoms with Crippen molar-refractivity contribution >= 4 is 16.8 Å². The number of carbonyl (C=O) groups is 1. The Morgan fingerprint density at radius 3 is 2.82 bits per heavy atom. The first-order valence-electron chi connectivity index (χ1n) is 7.22. The summed E-state index contributed by atoms with van der Waals surface area (Å²) in [5.41, 5.74) is 6.19. The third-order valence-electron chi connectivity index (χ3n) is 3.69. The van der Waals surface area contributed by atoms with E-state index >= 15 is 0 Å². The highest BCUT2D eigenvalue weighted by Gasteiger charge is 2.30. The third kappa shape index (κ3) is 3.64. The van der Waals surface area contributed by atoms with E-state index in [1.165, 1.54) is 26.0 Å². The van der Waals surface area contributed by atoms with Crippen LogP contribution in [-0.2, 0) is 11.2 Å². The van der Waals surface area contributed by atoms with Crippen LogP contribution in [0.25, 0.3) is 10.9 Å². The van der Waals surface area contributed by atoms with Crippen molar-refractivity contribution in [2.75, 3.05) is 0 Å². The number of aliphatic hydroxyl groups is 1. The summed E-state index contributed by atoms with van der Waals surface area (Å²) < 4.78 is 13.4. The zero-order valence-electron chi connectivity index (χ0n) is 13.0. The van der Waals surface area contributed by atoms with Crippen LogP contribution in [0.5, 0.6) is 0 Å². The number of hydrogen-bond acceptors (Lipinski definition) is 3. The molecule has 1 aromatic carbocycles. The molecule has 5 N–H and O–H groups in total. The Labute approximate surface area is 128 Å². The zero-order chi connectivity index (χ0) is 16.5. The predicted molar refractivity (Wildman–Crippen MR) is 83.8 cm³/mol. The Kier molecular flexibility index (Phi) is 4.53. The molecule has 6 heteroatoms. The van der Waals surface area contributed by atoms with Crippen LogP contribution in [0, 0.1) is 5.82 Å². The minimum Gasteiger partial charge on any atom is -0.388 e. The predicted octanol–water partition coefficient (Wildman–Crippen LogP) is 1.45. The lowest BCUT2D eigenvalue weighted by Crippen LogP contribution is -2.55. The van der Waals surface area contributed by atoms with Crippen LogP contribution >= 0.6 is 0 Å². The van der Waals surface area contributed by atoms with Gasteiger partial charge in [-0.25, -0.2) is 4.39 Å². The number of nitrogens with one attached hydrogen (secondary N) is 2. The minimum atomic E-state index is -1.28. The van der Waals surface area contributed by atoms with E-state index in [-0.39, 0.29) is 11.9 Å². The third-order valence-corrected chi connectivity index (χ3v) is 3.69. The molecule has 2 rings (SSSR count). The number of amides is 1. The number of H-pyrrole nitrogens is 1. The van der Waals surface area contributed by atoms with Gasteiger partial charge in [0.2, 0.25) is 5.91 Å². The van der Waals surface area contributed by atoms with Crippen molar-refractivity contribution in [2.45, 2.75) is 44.9 Å². The van der Waals surface area contributed by atoms with E-state index in [2.05, 4.69) is 10.3 Å². The van der Waals surface area contributed by atoms with E-state index in [4.69, 9.17) is 5.73 Å². The fraction of sp³-hybridized carbons (Fsp3) is 0.438. The van der Waals surface area contributed by atoms with Crippen molar-refractivity contribution in [1.82, 2.24) is 10.3 Å². The Morgan fingerprint density at radius 1 is 1.50 bits per heavy atom. The average Bonchev–Trinajstić information content (AvgIpc) is 2.79. The van der Waals surface area contributed by atoms with E-state index in [1.54, 1.807) is 6.07 Å². The number of fused-ring (bicyclic) bond motifs is 1. The Bertz CT molecular complexity index is 676. The lowest BCUT2D eigenvalue weighted by atomic mass is 9.98. The topological polar surface area (TPSA) is 91.1 Å². The molecule has 1 amide bonds. The summed E-state index contributed by atoms with van der Waals surface area (Å²) in [4.78, 5) is 15.1. The van der Waals surface area contributed by atoms with Crippen LogP contribution < -0.4 is 11.1 Å². The van der Waals surface area contributed by atoms with E-state index in [9.17, 15) is 14.3 Å². The smallest absolute Gasteiger partial charge is 0.240 e. The summed E-state index contributed by atoms with van der Waals surface area (Å²) in [6.45, 7) is 4.82. The second kappa shape index (κ2) is 6.06. The molecule has 0 aliphatic heterocycles. The molecule has 1 unspecified atom stereocenters. The highest BCUT2D eigenvalue weighted by atomic mass is 19.1. The molecule has 22 heavy (non-hydrogen) atoms. The lowest BCUT2D eigenvalue weighted by molar-refractivity contribution is -0.127. The second-order valence-corrected chi connectivity index (χ2v) is 6.25. The largest absolute Gasteiger partial charge is 0.388 e. The molecule has 1 aromatic heterocycles. The number of carbonyl (C=O) groups excluding carboxylic acids is 1. The van der Waals surface area contributed by atoms with Gasteiger partial charge in [0, 0.05) is 23.1 Å². The van der Waals surface area contributed by atoms with Gasteiger partial charge < -0.3 is 21.1 Å². The molecule has 0 aliphatic rings. The van der Waals surface area contributed by atoms with Crippen LogP contribution in [0.15, 0.2) is 24.4 Å². The fourth-order valence-electron chi connectivity index (χ4n) is 2.35. The molecular weight excluding hydrogens is 285 g/mol. The number of halogens is 1. The minimum absolute atomic E-state index is 0.192. The van der Waals surface area contributed by atoms with Crippen LogP contribution in [0.3, 0.4) is 0 Å². The van der Waals surface area contributed by atoms with Gasteiger partial charge in [0.25, 0.3) is 0 Å². The maximum absolute atomic E-state index is 13.4. The van der Waals surface area contributed by atoms with Gasteiger partial charge >= 0.3 is 0 Å². The molecule has 0 bridgehead atoms. The van der Waals surface area contributed by atoms with Crippen molar-refractivity contribution in [3.05, 3.63) is 35.8 Å². The maximum Gasteiger partial charge on any atom is 0.240 e. The number of benzene rings is 1. The molecule has 0 radical (unpaired) electrons. The second-order valence-electron chi connectivity index (χ2n) is 6.25. The number of hydrogen-bond donors (Lipinski definition) is 4. The van der Waals surface area contributed by atoms with Crippen LogP contribution in [-0.4, -0.2) is 33.7 Å². The van der Waals surface area contributed by atoms with Gasteiger partial charge in [-0.15, -0.1) is 0 Å². The molecule has 0 fully saturated rings. The normalized spacial score (nSPS) is 14.8. The Hall–Kier alpha value is -1.92. The molecule has 2 atom stereocenters. The molecule has 0 saturated carbocycles. The van der Waals surface area contributed by atoms with Crippen molar-refractivity contribution in [3.8, 4) is 0 Å². The summed E-state index contributed by atoms with van der Waals surface area (Å²) in [6, 6.07) is 3.36. The van der Waals surface area contributed by atoms with Gasteiger partial charge in [-0.1, -0.05) is 0 Å². The summed E-state index contributed by atoms with van der Waals surface area (Å²) in [6.07, 6.45) is 2.34. The van der Waals surface area contributed by atoms with Crippen molar-refractivity contribution < 1.29 is 14.3 Å². The van der Waals surface area contributed by atoms with Crippen LogP contribution in [0.2, 0.25) is 0 Å². The van der Waals surface area contributed by atoms with Gasteiger partial charge in [0.1, 0.15) is 11.9 Å². The van der Waals surface area contributed by atoms with Crippen molar-refractivity contribution in [1.29, 1.82) is 0 Å². The van der Waals surface area contributed by atoms with Gasteiger partial charge in [0.15, 0.2) is 0 Å². The summed E-state index contributed by atoms with van der Waals surface area (Å²) >= 11 is 0. The first-order chi connectivity index (χ1) is 10.2. The van der Waals surface area contributed by atoms with Gasteiger partial charge in [-0.05, 0) is 51.0 Å². The highest BCUT2D eigenvalue weighted by Crippen LogP contribution is 2.20. The maximum atomic E-state index is 13.4. The lowest BCUT2D eigenvalue weighted by Gasteiger charge is -2.26.